The maximum Gasteiger partial charge on any atom is 0.234 e. The monoisotopic (exact) mass is 252 g/mol. The Morgan fingerprint density at radius 3 is 2.33 bits per heavy atom. The number of nitrogens with one attached hydrogen (secondary N) is 1. The van der Waals surface area contributed by atoms with Gasteiger partial charge in [0, 0.05) is 19.1 Å². The van der Waals surface area contributed by atoms with Crippen LogP contribution in [-0.2, 0) is 4.79 Å². The second-order valence-electron chi connectivity index (χ2n) is 6.54. The summed E-state index contributed by atoms with van der Waals surface area (Å²) in [5.74, 6) is 1.70. The maximum absolute atomic E-state index is 12.0. The Morgan fingerprint density at radius 1 is 1.11 bits per heavy atom. The Bertz CT molecular complexity index is 264. The molecule has 1 N–H and O–H groups in total. The van der Waals surface area contributed by atoms with Gasteiger partial charge >= 0.3 is 0 Å². The van der Waals surface area contributed by atoms with E-state index in [0.717, 1.165) is 24.9 Å². The van der Waals surface area contributed by atoms with Crippen LogP contribution < -0.4 is 5.32 Å². The molecule has 1 aliphatic heterocycles. The third kappa shape index (κ3) is 4.27. The molecule has 0 spiro atoms. The molecule has 1 heterocycles. The van der Waals surface area contributed by atoms with E-state index in [4.69, 9.17) is 0 Å². The first-order chi connectivity index (χ1) is 8.63. The molecule has 0 aromatic heterocycles. The van der Waals surface area contributed by atoms with Crippen LogP contribution in [0, 0.1) is 11.8 Å². The lowest BCUT2D eigenvalue weighted by atomic mass is 9.92. The highest BCUT2D eigenvalue weighted by Gasteiger charge is 2.24. The number of hydrogen-bond donors (Lipinski definition) is 1. The second-order valence-corrected chi connectivity index (χ2v) is 6.54. The van der Waals surface area contributed by atoms with Crippen molar-refractivity contribution in [3.8, 4) is 0 Å². The number of amides is 1. The summed E-state index contributed by atoms with van der Waals surface area (Å²) in [6.45, 7) is 7.36. The summed E-state index contributed by atoms with van der Waals surface area (Å²) in [6, 6.07) is 0.450. The van der Waals surface area contributed by atoms with Crippen molar-refractivity contribution in [1.29, 1.82) is 0 Å². The van der Waals surface area contributed by atoms with Crippen LogP contribution >= 0.6 is 0 Å². The first-order valence-electron chi connectivity index (χ1n) is 7.65. The molecule has 0 unspecified atom stereocenters. The molecule has 1 saturated heterocycles. The smallest absolute Gasteiger partial charge is 0.234 e. The van der Waals surface area contributed by atoms with Gasteiger partial charge in [-0.2, -0.15) is 0 Å². The summed E-state index contributed by atoms with van der Waals surface area (Å²) >= 11 is 0. The lowest BCUT2D eigenvalue weighted by Crippen LogP contribution is -2.47. The van der Waals surface area contributed by atoms with Gasteiger partial charge in [-0.1, -0.05) is 33.1 Å². The van der Waals surface area contributed by atoms with Gasteiger partial charge in [0.15, 0.2) is 0 Å². The highest BCUT2D eigenvalue weighted by atomic mass is 16.2. The zero-order valence-corrected chi connectivity index (χ0v) is 12.0. The SMILES string of the molecule is C[C@@H]1C[C@H](C)CN(CC(=O)NC2CCCCC2)C1. The number of nitrogens with zero attached hydrogens (tertiary/aromatic N) is 1. The van der Waals surface area contributed by atoms with Gasteiger partial charge in [0.05, 0.1) is 6.54 Å². The molecule has 1 amide bonds. The van der Waals surface area contributed by atoms with E-state index in [1.807, 2.05) is 0 Å². The van der Waals surface area contributed by atoms with Crippen LogP contribution in [0.4, 0.5) is 0 Å². The number of likely N-dealkylation sites (tertiary alicyclic amines) is 1. The van der Waals surface area contributed by atoms with E-state index >= 15 is 0 Å². The maximum atomic E-state index is 12.0. The first kappa shape index (κ1) is 13.9. The van der Waals surface area contributed by atoms with Crippen LogP contribution in [0.5, 0.6) is 0 Å². The molecule has 0 radical (unpaired) electrons. The van der Waals surface area contributed by atoms with Crippen molar-refractivity contribution in [1.82, 2.24) is 10.2 Å². The number of hydrogen-bond acceptors (Lipinski definition) is 2. The molecule has 3 heteroatoms. The quantitative estimate of drug-likeness (QED) is 0.836. The summed E-state index contributed by atoms with van der Waals surface area (Å²) in [6.07, 6.45) is 7.57. The molecule has 0 bridgehead atoms. The van der Waals surface area contributed by atoms with Crippen molar-refractivity contribution in [2.24, 2.45) is 11.8 Å². The molecular formula is C15H28N2O. The third-order valence-electron chi connectivity index (χ3n) is 4.28. The highest BCUT2D eigenvalue weighted by Crippen LogP contribution is 2.21. The van der Waals surface area contributed by atoms with E-state index in [9.17, 15) is 4.79 Å². The average molecular weight is 252 g/mol. The molecule has 0 aromatic rings. The standard InChI is InChI=1S/C15H28N2O/c1-12-8-13(2)10-17(9-12)11-15(18)16-14-6-4-3-5-7-14/h12-14H,3-11H2,1-2H3,(H,16,18)/t12-,13+. The van der Waals surface area contributed by atoms with E-state index in [1.54, 1.807) is 0 Å². The largest absolute Gasteiger partial charge is 0.352 e. The zero-order valence-electron chi connectivity index (χ0n) is 12.0. The Kier molecular flexibility index (Phi) is 5.04. The predicted octanol–water partition coefficient (Wildman–Crippen LogP) is 2.41. The van der Waals surface area contributed by atoms with Crippen molar-refractivity contribution >= 4 is 5.91 Å². The molecule has 1 saturated carbocycles. The molecule has 3 nitrogen and oxygen atoms in total. The van der Waals surface area contributed by atoms with Gasteiger partial charge in [-0.25, -0.2) is 0 Å². The van der Waals surface area contributed by atoms with Crippen LogP contribution in [0.2, 0.25) is 0 Å². The number of carbonyl (C=O) groups excluding carboxylic acids is 1. The predicted molar refractivity (Wildman–Crippen MR) is 74.4 cm³/mol. The van der Waals surface area contributed by atoms with Gasteiger partial charge in [0.2, 0.25) is 5.91 Å². The molecule has 2 aliphatic rings. The Labute approximate surface area is 111 Å². The topological polar surface area (TPSA) is 32.3 Å². The molecule has 1 aliphatic carbocycles. The van der Waals surface area contributed by atoms with Crippen molar-refractivity contribution < 1.29 is 4.79 Å². The Balaban J connectivity index is 1.72. The lowest BCUT2D eigenvalue weighted by Gasteiger charge is -2.35. The molecule has 2 rings (SSSR count). The van der Waals surface area contributed by atoms with Crippen molar-refractivity contribution in [2.45, 2.75) is 58.4 Å². The van der Waals surface area contributed by atoms with Crippen LogP contribution in [0.1, 0.15) is 52.4 Å². The van der Waals surface area contributed by atoms with Crippen LogP contribution in [0.25, 0.3) is 0 Å². The Hall–Kier alpha value is -0.570. The third-order valence-corrected chi connectivity index (χ3v) is 4.28. The van der Waals surface area contributed by atoms with Crippen LogP contribution in [0.3, 0.4) is 0 Å². The Morgan fingerprint density at radius 2 is 1.72 bits per heavy atom. The van der Waals surface area contributed by atoms with Crippen LogP contribution in [0.15, 0.2) is 0 Å². The summed E-state index contributed by atoms with van der Waals surface area (Å²) in [4.78, 5) is 14.4. The second kappa shape index (κ2) is 6.55. The summed E-state index contributed by atoms with van der Waals surface area (Å²) < 4.78 is 0. The fraction of sp³-hybridized carbons (Fsp3) is 0.933. The summed E-state index contributed by atoms with van der Waals surface area (Å²) in [7, 11) is 0. The van der Waals surface area contributed by atoms with Crippen LogP contribution in [-0.4, -0.2) is 36.5 Å². The molecular weight excluding hydrogens is 224 g/mol. The lowest BCUT2D eigenvalue weighted by molar-refractivity contribution is -0.123. The molecule has 2 fully saturated rings. The number of rotatable bonds is 3. The van der Waals surface area contributed by atoms with Gasteiger partial charge in [-0.3, -0.25) is 9.69 Å². The van der Waals surface area contributed by atoms with Gasteiger partial charge in [0.25, 0.3) is 0 Å². The molecule has 0 aromatic carbocycles. The van der Waals surface area contributed by atoms with Crippen molar-refractivity contribution in [3.05, 3.63) is 0 Å². The number of carbonyl (C=O) groups is 1. The highest BCUT2D eigenvalue weighted by molar-refractivity contribution is 5.78. The van der Waals surface area contributed by atoms with Crippen molar-refractivity contribution in [3.63, 3.8) is 0 Å². The molecule has 18 heavy (non-hydrogen) atoms. The van der Waals surface area contributed by atoms with Crippen molar-refractivity contribution in [2.75, 3.05) is 19.6 Å². The summed E-state index contributed by atoms with van der Waals surface area (Å²) in [5, 5.41) is 3.22. The molecule has 104 valence electrons. The average Bonchev–Trinajstić information content (AvgIpc) is 2.28. The fourth-order valence-corrected chi connectivity index (χ4v) is 3.64. The van der Waals surface area contributed by atoms with Gasteiger partial charge in [0.1, 0.15) is 0 Å². The summed E-state index contributed by atoms with van der Waals surface area (Å²) in [5.41, 5.74) is 0. The number of piperidine rings is 1. The zero-order chi connectivity index (χ0) is 13.0. The van der Waals surface area contributed by atoms with Gasteiger partial charge < -0.3 is 5.32 Å². The van der Waals surface area contributed by atoms with Gasteiger partial charge in [-0.05, 0) is 31.1 Å². The molecule has 2 atom stereocenters. The minimum atomic E-state index is 0.239. The van der Waals surface area contributed by atoms with E-state index < -0.39 is 0 Å². The van der Waals surface area contributed by atoms with Gasteiger partial charge in [-0.15, -0.1) is 0 Å². The van der Waals surface area contributed by atoms with E-state index in [-0.39, 0.29) is 5.91 Å². The fourth-order valence-electron chi connectivity index (χ4n) is 3.64. The first-order valence-corrected chi connectivity index (χ1v) is 7.65. The van der Waals surface area contributed by atoms with E-state index in [0.29, 0.717) is 12.6 Å². The van der Waals surface area contributed by atoms with E-state index in [2.05, 4.69) is 24.1 Å². The normalized spacial score (nSPS) is 31.2. The minimum absolute atomic E-state index is 0.239. The minimum Gasteiger partial charge on any atom is -0.352 e. The van der Waals surface area contributed by atoms with E-state index in [1.165, 1.54) is 38.5 Å².